The van der Waals surface area contributed by atoms with Crippen LogP contribution >= 0.6 is 0 Å². The first-order valence-electron chi connectivity index (χ1n) is 5.71. The van der Waals surface area contributed by atoms with Gasteiger partial charge in [-0.25, -0.2) is 4.79 Å². The van der Waals surface area contributed by atoms with Crippen LogP contribution in [0.2, 0.25) is 0 Å². The first-order chi connectivity index (χ1) is 7.95. The van der Waals surface area contributed by atoms with Crippen molar-refractivity contribution >= 4 is 5.97 Å². The van der Waals surface area contributed by atoms with E-state index < -0.39 is 5.82 Å². The fraction of sp³-hybridized carbons (Fsp3) is 0.667. The molecule has 0 spiro atoms. The molecule has 0 bridgehead atoms. The Morgan fingerprint density at radius 3 is 2.47 bits per heavy atom. The number of rotatable bonds is 5. The van der Waals surface area contributed by atoms with E-state index in [0.29, 0.717) is 5.76 Å². The number of aryl methyl sites for hydroxylation is 1. The van der Waals surface area contributed by atoms with Gasteiger partial charge in [0, 0.05) is 0 Å². The van der Waals surface area contributed by atoms with Crippen LogP contribution in [0.4, 0.5) is 0 Å². The second kappa shape index (κ2) is 5.70. The van der Waals surface area contributed by atoms with Crippen molar-refractivity contribution in [2.75, 3.05) is 0 Å². The largest absolute Gasteiger partial charge is 0.519 e. The van der Waals surface area contributed by atoms with Gasteiger partial charge in [-0.2, -0.15) is 0 Å². The summed E-state index contributed by atoms with van der Waals surface area (Å²) in [6, 6.07) is 0. The van der Waals surface area contributed by atoms with Crippen molar-refractivity contribution < 1.29 is 18.4 Å². The third kappa shape index (κ3) is 3.47. The molecule has 0 fully saturated rings. The highest BCUT2D eigenvalue weighted by Crippen LogP contribution is 2.17. The van der Waals surface area contributed by atoms with Gasteiger partial charge in [-0.05, 0) is 12.8 Å². The minimum atomic E-state index is -0.775. The molecule has 1 aromatic heterocycles. The molecule has 1 rings (SSSR count). The summed E-state index contributed by atoms with van der Waals surface area (Å²) < 4.78 is 14.5. The fourth-order valence-electron chi connectivity index (χ4n) is 1.36. The fourth-order valence-corrected chi connectivity index (χ4v) is 1.36. The number of hydrogen-bond donors (Lipinski definition) is 0. The molecule has 1 aromatic rings. The quantitative estimate of drug-likeness (QED) is 0.741. The Kier molecular flexibility index (Phi) is 4.54. The van der Waals surface area contributed by atoms with E-state index in [-0.39, 0.29) is 30.2 Å². The topological polar surface area (TPSA) is 69.7 Å². The standard InChI is InChI=1S/C12H18O5/c1-5-7(2)8(3)11(13)15-6-10-9(4)16-12(14)17-10/h7-8H,5-6H2,1-4H3/t7-,8-/m0/s1. The summed E-state index contributed by atoms with van der Waals surface area (Å²) in [5.41, 5.74) is 0. The predicted molar refractivity (Wildman–Crippen MR) is 60.4 cm³/mol. The smallest absolute Gasteiger partial charge is 0.457 e. The normalized spacial score (nSPS) is 14.4. The molecule has 0 aromatic carbocycles. The molecule has 0 aliphatic rings. The second-order valence-corrected chi connectivity index (χ2v) is 4.22. The van der Waals surface area contributed by atoms with Gasteiger partial charge in [0.2, 0.25) is 0 Å². The minimum absolute atomic E-state index is 0.0584. The van der Waals surface area contributed by atoms with E-state index in [0.717, 1.165) is 6.42 Å². The molecule has 96 valence electrons. The molecule has 5 heteroatoms. The zero-order valence-electron chi connectivity index (χ0n) is 10.6. The minimum Gasteiger partial charge on any atom is -0.457 e. The average molecular weight is 242 g/mol. The monoisotopic (exact) mass is 242 g/mol. The van der Waals surface area contributed by atoms with Crippen molar-refractivity contribution in [1.29, 1.82) is 0 Å². The molecule has 2 atom stereocenters. The van der Waals surface area contributed by atoms with E-state index in [4.69, 9.17) is 9.15 Å². The molecule has 0 aliphatic carbocycles. The van der Waals surface area contributed by atoms with Crippen molar-refractivity contribution in [2.24, 2.45) is 11.8 Å². The zero-order chi connectivity index (χ0) is 13.0. The lowest BCUT2D eigenvalue weighted by Gasteiger charge is -2.16. The third-order valence-electron chi connectivity index (χ3n) is 3.05. The summed E-state index contributed by atoms with van der Waals surface area (Å²) in [4.78, 5) is 22.4. The number of carbonyl (C=O) groups excluding carboxylic acids is 1. The molecule has 5 nitrogen and oxygen atoms in total. The summed E-state index contributed by atoms with van der Waals surface area (Å²) >= 11 is 0. The van der Waals surface area contributed by atoms with Crippen LogP contribution in [0.5, 0.6) is 0 Å². The van der Waals surface area contributed by atoms with Crippen molar-refractivity contribution in [3.8, 4) is 0 Å². The lowest BCUT2D eigenvalue weighted by atomic mass is 9.94. The molecular formula is C12H18O5. The predicted octanol–water partition coefficient (Wildman–Crippen LogP) is 2.27. The molecular weight excluding hydrogens is 224 g/mol. The highest BCUT2D eigenvalue weighted by molar-refractivity contribution is 5.72. The van der Waals surface area contributed by atoms with Crippen LogP contribution in [0.25, 0.3) is 0 Å². The summed E-state index contributed by atoms with van der Waals surface area (Å²) in [6.45, 7) is 7.38. The van der Waals surface area contributed by atoms with Crippen molar-refractivity contribution in [3.05, 3.63) is 22.1 Å². The van der Waals surface area contributed by atoms with Gasteiger partial charge >= 0.3 is 11.8 Å². The lowest BCUT2D eigenvalue weighted by Crippen LogP contribution is -2.21. The summed E-state index contributed by atoms with van der Waals surface area (Å²) in [7, 11) is 0. The number of ether oxygens (including phenoxy) is 1. The highest BCUT2D eigenvalue weighted by atomic mass is 16.6. The number of esters is 1. The molecule has 0 unspecified atom stereocenters. The van der Waals surface area contributed by atoms with E-state index in [1.807, 2.05) is 20.8 Å². The molecule has 17 heavy (non-hydrogen) atoms. The van der Waals surface area contributed by atoms with Crippen LogP contribution in [0.1, 0.15) is 38.7 Å². The summed E-state index contributed by atoms with van der Waals surface area (Å²) in [5.74, 6) is -0.358. The van der Waals surface area contributed by atoms with Gasteiger partial charge in [-0.1, -0.05) is 27.2 Å². The number of hydrogen-bond acceptors (Lipinski definition) is 5. The van der Waals surface area contributed by atoms with Gasteiger partial charge in [-0.3, -0.25) is 4.79 Å². The molecule has 1 heterocycles. The first-order valence-corrected chi connectivity index (χ1v) is 5.71. The van der Waals surface area contributed by atoms with Crippen molar-refractivity contribution in [2.45, 2.75) is 40.7 Å². The van der Waals surface area contributed by atoms with Crippen LogP contribution < -0.4 is 5.82 Å². The Morgan fingerprint density at radius 2 is 2.00 bits per heavy atom. The van der Waals surface area contributed by atoms with Crippen LogP contribution in [-0.2, 0) is 16.1 Å². The Bertz CT molecular complexity index is 428. The summed E-state index contributed by atoms with van der Waals surface area (Å²) in [5, 5.41) is 0. The van der Waals surface area contributed by atoms with Gasteiger partial charge in [0.15, 0.2) is 18.1 Å². The summed E-state index contributed by atoms with van der Waals surface area (Å²) in [6.07, 6.45) is 0.913. The maximum Gasteiger partial charge on any atom is 0.519 e. The molecule has 0 saturated heterocycles. The molecule has 0 radical (unpaired) electrons. The lowest BCUT2D eigenvalue weighted by molar-refractivity contribution is -0.151. The van der Waals surface area contributed by atoms with Gasteiger partial charge in [0.1, 0.15) is 0 Å². The van der Waals surface area contributed by atoms with Crippen molar-refractivity contribution in [1.82, 2.24) is 0 Å². The van der Waals surface area contributed by atoms with E-state index in [2.05, 4.69) is 4.42 Å². The Balaban J connectivity index is 2.54. The van der Waals surface area contributed by atoms with Crippen LogP contribution in [0, 0.1) is 18.8 Å². The van der Waals surface area contributed by atoms with Crippen molar-refractivity contribution in [3.63, 3.8) is 0 Å². The second-order valence-electron chi connectivity index (χ2n) is 4.22. The molecule has 0 saturated carbocycles. The zero-order valence-corrected chi connectivity index (χ0v) is 10.6. The van der Waals surface area contributed by atoms with Crippen LogP contribution in [-0.4, -0.2) is 5.97 Å². The highest BCUT2D eigenvalue weighted by Gasteiger charge is 2.21. The van der Waals surface area contributed by atoms with E-state index in [1.165, 1.54) is 0 Å². The number of carbonyl (C=O) groups is 1. The Morgan fingerprint density at radius 1 is 1.35 bits per heavy atom. The maximum absolute atomic E-state index is 11.7. The Hall–Kier alpha value is -1.52. The van der Waals surface area contributed by atoms with Gasteiger partial charge in [0.05, 0.1) is 5.92 Å². The van der Waals surface area contributed by atoms with Gasteiger partial charge in [-0.15, -0.1) is 0 Å². The average Bonchev–Trinajstić information content (AvgIpc) is 2.62. The van der Waals surface area contributed by atoms with E-state index >= 15 is 0 Å². The van der Waals surface area contributed by atoms with Gasteiger partial charge < -0.3 is 13.6 Å². The van der Waals surface area contributed by atoms with Crippen LogP contribution in [0.3, 0.4) is 0 Å². The molecule has 0 aliphatic heterocycles. The first kappa shape index (κ1) is 13.5. The molecule has 0 N–H and O–H groups in total. The van der Waals surface area contributed by atoms with E-state index in [9.17, 15) is 9.59 Å². The molecule has 0 amide bonds. The van der Waals surface area contributed by atoms with Crippen LogP contribution in [0.15, 0.2) is 13.6 Å². The van der Waals surface area contributed by atoms with Gasteiger partial charge in [0.25, 0.3) is 0 Å². The Labute approximate surface area is 99.8 Å². The third-order valence-corrected chi connectivity index (χ3v) is 3.05. The SMILES string of the molecule is CC[C@H](C)[C@H](C)C(=O)OCc1oc(=O)oc1C. The maximum atomic E-state index is 11.7. The van der Waals surface area contributed by atoms with E-state index in [1.54, 1.807) is 6.92 Å².